The second-order valence-electron chi connectivity index (χ2n) is 8.40. The number of aromatic nitrogens is 2. The van der Waals surface area contributed by atoms with E-state index in [0.29, 0.717) is 25.4 Å². The number of piperidine rings is 1. The molecule has 1 aromatic heterocycles. The van der Waals surface area contributed by atoms with Crippen LogP contribution < -0.4 is 4.74 Å². The summed E-state index contributed by atoms with van der Waals surface area (Å²) in [5, 5.41) is 7.47. The van der Waals surface area contributed by atoms with Gasteiger partial charge in [0.05, 0.1) is 13.7 Å². The van der Waals surface area contributed by atoms with Gasteiger partial charge >= 0.3 is 0 Å². The molecule has 1 fully saturated rings. The zero-order chi connectivity index (χ0) is 20.0. The van der Waals surface area contributed by atoms with E-state index in [2.05, 4.69) is 28.2 Å². The average molecular weight is 396 g/mol. The lowest BCUT2D eigenvalue weighted by Crippen LogP contribution is -2.48. The van der Waals surface area contributed by atoms with Gasteiger partial charge in [-0.1, -0.05) is 12.1 Å². The van der Waals surface area contributed by atoms with Gasteiger partial charge in [0.1, 0.15) is 11.4 Å². The number of rotatable bonds is 2. The first kappa shape index (κ1) is 18.6. The maximum Gasteiger partial charge on any atom is 0.274 e. The number of carbonyl (C=O) groups is 1. The Bertz CT molecular complexity index is 916. The monoisotopic (exact) mass is 396 g/mol. The van der Waals surface area contributed by atoms with Crippen molar-refractivity contribution in [3.8, 4) is 5.75 Å². The normalized spacial score (nSPS) is 21.0. The minimum atomic E-state index is -0.359. The Morgan fingerprint density at radius 2 is 2.07 bits per heavy atom. The van der Waals surface area contributed by atoms with Crippen LogP contribution in [0.25, 0.3) is 0 Å². The zero-order valence-corrected chi connectivity index (χ0v) is 17.2. The number of aromatic amines is 1. The van der Waals surface area contributed by atoms with Crippen LogP contribution in [0.3, 0.4) is 0 Å². The van der Waals surface area contributed by atoms with Crippen molar-refractivity contribution in [3.05, 3.63) is 46.3 Å². The Kier molecular flexibility index (Phi) is 4.59. The van der Waals surface area contributed by atoms with Crippen molar-refractivity contribution >= 4 is 5.91 Å². The predicted octanol–water partition coefficient (Wildman–Crippen LogP) is 2.11. The molecule has 0 radical (unpaired) electrons. The molecule has 5 rings (SSSR count). The van der Waals surface area contributed by atoms with Gasteiger partial charge in [0.25, 0.3) is 5.91 Å². The second kappa shape index (κ2) is 7.15. The highest BCUT2D eigenvalue weighted by molar-refractivity contribution is 5.94. The molecule has 0 aliphatic carbocycles. The molecule has 1 N–H and O–H groups in total. The number of ether oxygens (including phenoxy) is 2. The fraction of sp³-hybridized carbons (Fsp3) is 0.545. The third kappa shape index (κ3) is 3.04. The largest absolute Gasteiger partial charge is 0.496 e. The molecule has 0 bridgehead atoms. The van der Waals surface area contributed by atoms with Crippen LogP contribution in [-0.2, 0) is 29.7 Å². The third-order valence-electron chi connectivity index (χ3n) is 6.72. The van der Waals surface area contributed by atoms with Gasteiger partial charge in [-0.2, -0.15) is 5.10 Å². The number of carbonyl (C=O) groups excluding carboxylic acids is 1. The number of hydrogen-bond acceptors (Lipinski definition) is 5. The molecule has 3 aliphatic rings. The van der Waals surface area contributed by atoms with E-state index < -0.39 is 0 Å². The number of nitrogens with zero attached hydrogens (tertiary/aromatic N) is 3. The van der Waals surface area contributed by atoms with Crippen molar-refractivity contribution < 1.29 is 14.3 Å². The number of likely N-dealkylation sites (tertiary alicyclic amines) is 1. The van der Waals surface area contributed by atoms with E-state index in [0.717, 1.165) is 55.8 Å². The molecule has 4 heterocycles. The van der Waals surface area contributed by atoms with Crippen LogP contribution in [0.5, 0.6) is 5.75 Å². The van der Waals surface area contributed by atoms with Gasteiger partial charge in [-0.25, -0.2) is 0 Å². The maximum absolute atomic E-state index is 13.2. The fourth-order valence-corrected chi connectivity index (χ4v) is 5.12. The van der Waals surface area contributed by atoms with Gasteiger partial charge in [0, 0.05) is 49.4 Å². The number of benzene rings is 1. The highest BCUT2D eigenvalue weighted by atomic mass is 16.5. The van der Waals surface area contributed by atoms with E-state index >= 15 is 0 Å². The molecule has 7 heteroatoms. The first-order valence-corrected chi connectivity index (χ1v) is 10.5. The Hall–Kier alpha value is -2.38. The Morgan fingerprint density at radius 1 is 1.24 bits per heavy atom. The van der Waals surface area contributed by atoms with E-state index in [4.69, 9.17) is 9.47 Å². The number of nitrogens with one attached hydrogen (secondary N) is 1. The van der Waals surface area contributed by atoms with Gasteiger partial charge in [0.15, 0.2) is 5.69 Å². The molecule has 29 heavy (non-hydrogen) atoms. The van der Waals surface area contributed by atoms with Crippen molar-refractivity contribution in [2.45, 2.75) is 37.8 Å². The summed E-state index contributed by atoms with van der Waals surface area (Å²) >= 11 is 0. The van der Waals surface area contributed by atoms with Crippen LogP contribution in [0.1, 0.15) is 45.7 Å². The maximum atomic E-state index is 13.2. The molecule has 1 spiro atoms. The summed E-state index contributed by atoms with van der Waals surface area (Å²) in [6.07, 6.45) is 3.38. The molecule has 0 atom stereocenters. The fourth-order valence-electron chi connectivity index (χ4n) is 5.12. The summed E-state index contributed by atoms with van der Waals surface area (Å²) in [5.41, 5.74) is 4.88. The average Bonchev–Trinajstić information content (AvgIpc) is 3.16. The first-order valence-electron chi connectivity index (χ1n) is 10.5. The summed E-state index contributed by atoms with van der Waals surface area (Å²) in [4.78, 5) is 17.4. The van der Waals surface area contributed by atoms with Crippen LogP contribution in [0.2, 0.25) is 0 Å². The Morgan fingerprint density at radius 3 is 2.86 bits per heavy atom. The second-order valence-corrected chi connectivity index (χ2v) is 8.40. The lowest BCUT2D eigenvalue weighted by Gasteiger charge is -2.45. The number of hydrogen-bond donors (Lipinski definition) is 1. The quantitative estimate of drug-likeness (QED) is 0.842. The summed E-state index contributed by atoms with van der Waals surface area (Å²) in [6.45, 7) is 3.81. The molecular formula is C22H28N4O3. The topological polar surface area (TPSA) is 70.7 Å². The van der Waals surface area contributed by atoms with Crippen molar-refractivity contribution in [2.75, 3.05) is 40.4 Å². The van der Waals surface area contributed by atoms with Gasteiger partial charge in [-0.15, -0.1) is 0 Å². The van der Waals surface area contributed by atoms with E-state index in [1.54, 1.807) is 7.11 Å². The van der Waals surface area contributed by atoms with Crippen molar-refractivity contribution in [2.24, 2.45) is 0 Å². The van der Waals surface area contributed by atoms with Crippen LogP contribution in [0.15, 0.2) is 18.2 Å². The van der Waals surface area contributed by atoms with Gasteiger partial charge in [-0.05, 0) is 37.9 Å². The van der Waals surface area contributed by atoms with Gasteiger partial charge in [-0.3, -0.25) is 9.89 Å². The molecule has 7 nitrogen and oxygen atoms in total. The van der Waals surface area contributed by atoms with E-state index in [9.17, 15) is 4.79 Å². The van der Waals surface area contributed by atoms with Crippen molar-refractivity contribution in [3.63, 3.8) is 0 Å². The standard InChI is InChI=1S/C22H28N4O3/c1-25-10-6-17-16(14-25)20(24-23-17)21(27)26-11-8-22(9-12-26)19-15(7-13-29-22)4-3-5-18(19)28-2/h3-5H,6-14H2,1-2H3,(H,23,24). The zero-order valence-electron chi connectivity index (χ0n) is 17.2. The number of amides is 1. The van der Waals surface area contributed by atoms with Crippen LogP contribution in [0.4, 0.5) is 0 Å². The highest BCUT2D eigenvalue weighted by Crippen LogP contribution is 2.46. The predicted molar refractivity (Wildman–Crippen MR) is 108 cm³/mol. The molecule has 3 aliphatic heterocycles. The number of methoxy groups -OCH3 is 1. The molecule has 1 aromatic carbocycles. The molecule has 0 unspecified atom stereocenters. The summed E-state index contributed by atoms with van der Waals surface area (Å²) in [6, 6.07) is 6.23. The molecule has 1 amide bonds. The Balaban J connectivity index is 1.37. The minimum absolute atomic E-state index is 0.0312. The molecule has 154 valence electrons. The lowest BCUT2D eigenvalue weighted by molar-refractivity contribution is -0.0947. The van der Waals surface area contributed by atoms with Crippen LogP contribution in [-0.4, -0.2) is 66.3 Å². The first-order chi connectivity index (χ1) is 14.1. The number of fused-ring (bicyclic) bond motifs is 3. The molecule has 0 saturated carbocycles. The van der Waals surface area contributed by atoms with Crippen molar-refractivity contribution in [1.29, 1.82) is 0 Å². The van der Waals surface area contributed by atoms with Crippen LogP contribution in [0, 0.1) is 0 Å². The Labute approximate surface area is 171 Å². The van der Waals surface area contributed by atoms with E-state index in [1.165, 1.54) is 11.1 Å². The van der Waals surface area contributed by atoms with E-state index in [1.807, 2.05) is 17.0 Å². The van der Waals surface area contributed by atoms with Crippen LogP contribution >= 0.6 is 0 Å². The molecule has 1 saturated heterocycles. The van der Waals surface area contributed by atoms with Gasteiger partial charge < -0.3 is 19.3 Å². The minimum Gasteiger partial charge on any atom is -0.496 e. The third-order valence-corrected chi connectivity index (χ3v) is 6.72. The smallest absolute Gasteiger partial charge is 0.274 e. The van der Waals surface area contributed by atoms with E-state index in [-0.39, 0.29) is 11.5 Å². The highest BCUT2D eigenvalue weighted by Gasteiger charge is 2.44. The summed E-state index contributed by atoms with van der Waals surface area (Å²) in [7, 11) is 3.80. The summed E-state index contributed by atoms with van der Waals surface area (Å²) < 4.78 is 12.0. The van der Waals surface area contributed by atoms with Crippen molar-refractivity contribution in [1.82, 2.24) is 20.0 Å². The SMILES string of the molecule is COc1cccc2c1C1(CCN(C(=O)c3n[nH]c4c3CN(C)CC4)CC1)OCC2. The lowest BCUT2D eigenvalue weighted by atomic mass is 9.78. The number of likely N-dealkylation sites (N-methyl/N-ethyl adjacent to an activating group) is 1. The molecular weight excluding hydrogens is 368 g/mol. The summed E-state index contributed by atoms with van der Waals surface area (Å²) in [5.74, 6) is 0.926. The molecule has 2 aromatic rings. The van der Waals surface area contributed by atoms with Gasteiger partial charge in [0.2, 0.25) is 0 Å². The number of H-pyrrole nitrogens is 1.